The van der Waals surface area contributed by atoms with E-state index in [9.17, 15) is 4.79 Å². The molecule has 0 aliphatic carbocycles. The molecule has 0 saturated carbocycles. The van der Waals surface area contributed by atoms with E-state index in [0.717, 1.165) is 27.5 Å². The molecule has 3 heteroatoms. The van der Waals surface area contributed by atoms with Gasteiger partial charge in [0.15, 0.2) is 0 Å². The summed E-state index contributed by atoms with van der Waals surface area (Å²) in [5.41, 5.74) is 3.05. The molecule has 0 unspecified atom stereocenters. The summed E-state index contributed by atoms with van der Waals surface area (Å²) in [6.07, 6.45) is 0. The first-order chi connectivity index (χ1) is 8.16. The van der Waals surface area contributed by atoms with Crippen molar-refractivity contribution < 1.29 is 0 Å². The molecule has 0 aliphatic rings. The fraction of sp³-hybridized carbons (Fsp3) is 0.214. The summed E-state index contributed by atoms with van der Waals surface area (Å²) in [6, 6.07) is 9.72. The molecular weight excluding hydrogens is 212 g/mol. The number of H-pyrrole nitrogens is 2. The van der Waals surface area contributed by atoms with Crippen molar-refractivity contribution in [3.8, 4) is 0 Å². The lowest BCUT2D eigenvalue weighted by molar-refractivity contribution is 0.825. The molecule has 86 valence electrons. The number of nitrogens with one attached hydrogen (secondary N) is 2. The third kappa shape index (κ3) is 1.46. The topological polar surface area (TPSA) is 48.6 Å². The van der Waals surface area contributed by atoms with Crippen molar-refractivity contribution in [3.63, 3.8) is 0 Å². The van der Waals surface area contributed by atoms with Crippen molar-refractivity contribution in [3.05, 3.63) is 46.4 Å². The maximum Gasteiger partial charge on any atom is 0.248 e. The number of benzene rings is 1. The highest BCUT2D eigenvalue weighted by Crippen LogP contribution is 2.28. The van der Waals surface area contributed by atoms with Gasteiger partial charge >= 0.3 is 0 Å². The minimum atomic E-state index is -0.0362. The predicted octanol–water partition coefficient (Wildman–Crippen LogP) is 3.13. The lowest BCUT2D eigenvalue weighted by Gasteiger charge is -2.05. The van der Waals surface area contributed by atoms with Crippen LogP contribution in [0, 0.1) is 0 Å². The number of fused-ring (bicyclic) bond motifs is 3. The molecule has 3 nitrogen and oxygen atoms in total. The van der Waals surface area contributed by atoms with E-state index in [4.69, 9.17) is 0 Å². The molecule has 2 heterocycles. The molecule has 0 fully saturated rings. The van der Waals surface area contributed by atoms with E-state index in [1.807, 2.05) is 24.3 Å². The maximum absolute atomic E-state index is 11.7. The SMILES string of the molecule is CC(C)c1[nH]c(=O)cc2c1[nH]c1ccccc12. The molecule has 2 aromatic heterocycles. The third-order valence-corrected chi connectivity index (χ3v) is 3.13. The molecule has 0 atom stereocenters. The second kappa shape index (κ2) is 3.48. The number of hydrogen-bond donors (Lipinski definition) is 2. The van der Waals surface area contributed by atoms with Crippen molar-refractivity contribution in [1.29, 1.82) is 0 Å². The number of hydrogen-bond acceptors (Lipinski definition) is 1. The molecule has 0 spiro atoms. The van der Waals surface area contributed by atoms with Gasteiger partial charge < -0.3 is 9.97 Å². The zero-order valence-electron chi connectivity index (χ0n) is 9.87. The van der Waals surface area contributed by atoms with Crippen LogP contribution in [0.1, 0.15) is 25.5 Å². The van der Waals surface area contributed by atoms with Crippen LogP contribution in [0.2, 0.25) is 0 Å². The van der Waals surface area contributed by atoms with Crippen molar-refractivity contribution >= 4 is 21.8 Å². The highest BCUT2D eigenvalue weighted by Gasteiger charge is 2.11. The molecule has 0 amide bonds. The van der Waals surface area contributed by atoms with E-state index in [1.165, 1.54) is 0 Å². The average Bonchev–Trinajstić information content (AvgIpc) is 2.66. The molecule has 3 rings (SSSR count). The van der Waals surface area contributed by atoms with Crippen molar-refractivity contribution in [2.45, 2.75) is 19.8 Å². The molecule has 0 saturated heterocycles. The zero-order chi connectivity index (χ0) is 12.0. The van der Waals surface area contributed by atoms with Crippen molar-refractivity contribution in [2.75, 3.05) is 0 Å². The lowest BCUT2D eigenvalue weighted by Crippen LogP contribution is -2.08. The Bertz CT molecular complexity index is 750. The molecule has 0 radical (unpaired) electrons. The summed E-state index contributed by atoms with van der Waals surface area (Å²) in [4.78, 5) is 18.0. The summed E-state index contributed by atoms with van der Waals surface area (Å²) in [6.45, 7) is 4.16. The van der Waals surface area contributed by atoms with Gasteiger partial charge in [-0.15, -0.1) is 0 Å². The molecular formula is C14H14N2O. The second-order valence-electron chi connectivity index (χ2n) is 4.66. The average molecular weight is 226 g/mol. The Kier molecular flexibility index (Phi) is 2.08. The van der Waals surface area contributed by atoms with Crippen LogP contribution in [0.25, 0.3) is 21.8 Å². The largest absolute Gasteiger partial charge is 0.353 e. The Hall–Kier alpha value is -2.03. The number of rotatable bonds is 1. The Balaban J connectivity index is 2.56. The van der Waals surface area contributed by atoms with Crippen LogP contribution in [0.5, 0.6) is 0 Å². The normalized spacial score (nSPS) is 11.7. The summed E-state index contributed by atoms with van der Waals surface area (Å²) >= 11 is 0. The fourth-order valence-corrected chi connectivity index (χ4v) is 2.32. The van der Waals surface area contributed by atoms with Gasteiger partial charge in [0.2, 0.25) is 5.56 Å². The molecule has 0 bridgehead atoms. The van der Waals surface area contributed by atoms with Gasteiger partial charge in [-0.1, -0.05) is 32.0 Å². The Morgan fingerprint density at radius 2 is 1.82 bits per heavy atom. The zero-order valence-corrected chi connectivity index (χ0v) is 9.87. The van der Waals surface area contributed by atoms with Gasteiger partial charge in [0.1, 0.15) is 0 Å². The van der Waals surface area contributed by atoms with Gasteiger partial charge in [-0.3, -0.25) is 4.79 Å². The summed E-state index contributed by atoms with van der Waals surface area (Å²) in [5, 5.41) is 2.11. The van der Waals surface area contributed by atoms with Gasteiger partial charge in [0.05, 0.1) is 5.52 Å². The van der Waals surface area contributed by atoms with Gasteiger partial charge in [-0.25, -0.2) is 0 Å². The molecule has 17 heavy (non-hydrogen) atoms. The van der Waals surface area contributed by atoms with E-state index in [1.54, 1.807) is 6.07 Å². The van der Waals surface area contributed by atoms with E-state index >= 15 is 0 Å². The van der Waals surface area contributed by atoms with E-state index < -0.39 is 0 Å². The quantitative estimate of drug-likeness (QED) is 0.658. The van der Waals surface area contributed by atoms with Crippen molar-refractivity contribution in [2.24, 2.45) is 0 Å². The molecule has 1 aromatic carbocycles. The smallest absolute Gasteiger partial charge is 0.248 e. The Morgan fingerprint density at radius 3 is 2.59 bits per heavy atom. The Labute approximate surface area is 98.5 Å². The number of aromatic amines is 2. The molecule has 0 aliphatic heterocycles. The molecule has 3 aromatic rings. The van der Waals surface area contributed by atoms with E-state index in [2.05, 4.69) is 23.8 Å². The fourth-order valence-electron chi connectivity index (χ4n) is 2.32. The van der Waals surface area contributed by atoms with Crippen LogP contribution >= 0.6 is 0 Å². The van der Waals surface area contributed by atoms with Crippen LogP contribution < -0.4 is 5.56 Å². The first-order valence-corrected chi connectivity index (χ1v) is 5.80. The highest BCUT2D eigenvalue weighted by molar-refractivity contribution is 6.07. The Morgan fingerprint density at radius 1 is 1.06 bits per heavy atom. The van der Waals surface area contributed by atoms with Gasteiger partial charge in [0.25, 0.3) is 0 Å². The number of pyridine rings is 1. The predicted molar refractivity (Wildman–Crippen MR) is 70.5 cm³/mol. The van der Waals surface area contributed by atoms with Crippen LogP contribution in [0.4, 0.5) is 0 Å². The monoisotopic (exact) mass is 226 g/mol. The summed E-state index contributed by atoms with van der Waals surface area (Å²) in [5.74, 6) is 0.291. The summed E-state index contributed by atoms with van der Waals surface area (Å²) < 4.78 is 0. The van der Waals surface area contributed by atoms with E-state index in [0.29, 0.717) is 5.92 Å². The van der Waals surface area contributed by atoms with E-state index in [-0.39, 0.29) is 5.56 Å². The van der Waals surface area contributed by atoms with Crippen LogP contribution in [0.3, 0.4) is 0 Å². The minimum Gasteiger partial charge on any atom is -0.353 e. The van der Waals surface area contributed by atoms with Crippen LogP contribution in [0.15, 0.2) is 35.1 Å². The minimum absolute atomic E-state index is 0.0362. The van der Waals surface area contributed by atoms with Gasteiger partial charge in [-0.2, -0.15) is 0 Å². The van der Waals surface area contributed by atoms with Gasteiger partial charge in [-0.05, 0) is 12.0 Å². The van der Waals surface area contributed by atoms with Crippen LogP contribution in [-0.2, 0) is 0 Å². The third-order valence-electron chi connectivity index (χ3n) is 3.13. The second-order valence-corrected chi connectivity index (χ2v) is 4.66. The van der Waals surface area contributed by atoms with Crippen molar-refractivity contribution in [1.82, 2.24) is 9.97 Å². The first kappa shape index (κ1) is 10.1. The summed E-state index contributed by atoms with van der Waals surface area (Å²) in [7, 11) is 0. The lowest BCUT2D eigenvalue weighted by atomic mass is 10.1. The molecule has 2 N–H and O–H groups in total. The highest BCUT2D eigenvalue weighted by atomic mass is 16.1. The maximum atomic E-state index is 11.7. The first-order valence-electron chi connectivity index (χ1n) is 5.80. The number of para-hydroxylation sites is 1. The van der Waals surface area contributed by atoms with Gasteiger partial charge in [0, 0.05) is 28.0 Å². The number of aromatic nitrogens is 2. The van der Waals surface area contributed by atoms with Crippen LogP contribution in [-0.4, -0.2) is 9.97 Å². The standard InChI is InChI=1S/C14H14N2O/c1-8(2)13-14-10(7-12(17)16-13)9-5-3-4-6-11(9)15-14/h3-8,15H,1-2H3,(H,16,17).